The minimum atomic E-state index is -4.76. The summed E-state index contributed by atoms with van der Waals surface area (Å²) < 4.78 is 40.4. The van der Waals surface area contributed by atoms with E-state index in [4.69, 9.17) is 23.2 Å². The molecule has 2 aliphatic carbocycles. The van der Waals surface area contributed by atoms with Gasteiger partial charge < -0.3 is 10.2 Å². The van der Waals surface area contributed by atoms with Crippen molar-refractivity contribution >= 4 is 52.6 Å². The molecule has 8 rings (SSSR count). The summed E-state index contributed by atoms with van der Waals surface area (Å²) in [7, 11) is 0. The van der Waals surface area contributed by atoms with Gasteiger partial charge in [-0.3, -0.25) is 29.5 Å². The summed E-state index contributed by atoms with van der Waals surface area (Å²) in [5, 5.41) is 22.0. The number of hydrazine groups is 1. The number of carbonyl (C=O) groups is 4. The van der Waals surface area contributed by atoms with E-state index >= 15 is 4.79 Å². The quantitative estimate of drug-likeness (QED) is 0.130. The van der Waals surface area contributed by atoms with Crippen molar-refractivity contribution in [3.63, 3.8) is 0 Å². The molecule has 2 saturated heterocycles. The minimum Gasteiger partial charge on any atom is -0.508 e. The predicted octanol–water partition coefficient (Wildman–Crippen LogP) is 7.35. The van der Waals surface area contributed by atoms with Gasteiger partial charge in [-0.25, -0.2) is 4.98 Å². The van der Waals surface area contributed by atoms with Crippen LogP contribution in [0.15, 0.2) is 90.6 Å². The first-order chi connectivity index (χ1) is 26.6. The Kier molecular flexibility index (Phi) is 9.15. The van der Waals surface area contributed by atoms with E-state index in [0.29, 0.717) is 51.0 Å². The molecule has 3 fully saturated rings. The number of aromatic nitrogens is 1. The van der Waals surface area contributed by atoms with Crippen LogP contribution in [0.3, 0.4) is 0 Å². The molecule has 0 radical (unpaired) electrons. The second-order valence-electron chi connectivity index (χ2n) is 14.7. The molecule has 0 spiro atoms. The number of anilines is 1. The van der Waals surface area contributed by atoms with Gasteiger partial charge in [-0.2, -0.15) is 18.2 Å². The van der Waals surface area contributed by atoms with Crippen LogP contribution in [-0.4, -0.2) is 55.3 Å². The molecule has 56 heavy (non-hydrogen) atoms. The Morgan fingerprint density at radius 3 is 2.32 bits per heavy atom. The van der Waals surface area contributed by atoms with E-state index in [1.165, 1.54) is 17.0 Å². The molecule has 6 unspecified atom stereocenters. The molecule has 3 N–H and O–H groups in total. The van der Waals surface area contributed by atoms with Crippen molar-refractivity contribution in [3.05, 3.63) is 129 Å². The van der Waals surface area contributed by atoms with Crippen LogP contribution in [0.2, 0.25) is 10.0 Å². The highest BCUT2D eigenvalue weighted by Gasteiger charge is 2.70. The van der Waals surface area contributed by atoms with Crippen molar-refractivity contribution in [2.75, 3.05) is 12.0 Å². The van der Waals surface area contributed by atoms with Gasteiger partial charge in [0.2, 0.25) is 11.8 Å². The number of aromatic hydroxyl groups is 2. The van der Waals surface area contributed by atoms with Crippen LogP contribution in [-0.2, 0) is 37.2 Å². The number of imide groups is 2. The number of nitrogens with one attached hydrogen (secondary N) is 1. The van der Waals surface area contributed by atoms with Crippen LogP contribution >= 0.6 is 23.2 Å². The van der Waals surface area contributed by atoms with Crippen molar-refractivity contribution < 1.29 is 42.6 Å². The molecule has 4 aromatic rings. The number of halogens is 5. The number of para-hydroxylation sites is 1. The molecule has 10 nitrogen and oxygen atoms in total. The molecule has 0 bridgehead atoms. The topological polar surface area (TPSA) is 140 Å². The molecule has 3 aromatic carbocycles. The van der Waals surface area contributed by atoms with E-state index in [1.807, 2.05) is 6.08 Å². The highest BCUT2D eigenvalue weighted by Crippen LogP contribution is 2.65. The van der Waals surface area contributed by atoms with Crippen LogP contribution in [0.5, 0.6) is 11.5 Å². The van der Waals surface area contributed by atoms with Crippen LogP contribution in [0, 0.1) is 30.6 Å². The Labute approximate surface area is 328 Å². The lowest BCUT2D eigenvalue weighted by atomic mass is 9.49. The molecule has 1 aromatic heterocycles. The number of phenolic OH excluding ortho intramolecular Hbond substituents is 2. The Hall–Kier alpha value is -5.40. The number of allylic oxidation sites excluding steroid dienone is 2. The third-order valence-electron chi connectivity index (χ3n) is 11.8. The fraction of sp³-hybridized carbons (Fsp3) is 0.293. The van der Waals surface area contributed by atoms with Crippen LogP contribution in [0.25, 0.3) is 0 Å². The first-order valence-corrected chi connectivity index (χ1v) is 18.6. The summed E-state index contributed by atoms with van der Waals surface area (Å²) in [6.45, 7) is 1.78. The van der Waals surface area contributed by atoms with E-state index in [2.05, 4.69) is 10.4 Å². The summed E-state index contributed by atoms with van der Waals surface area (Å²) in [5.41, 5.74) is 2.28. The number of aryl methyl sites for hydroxylation is 1. The lowest BCUT2D eigenvalue weighted by Crippen LogP contribution is -2.53. The number of pyridine rings is 1. The van der Waals surface area contributed by atoms with E-state index < -0.39 is 69.5 Å². The minimum absolute atomic E-state index is 0.0551. The number of nitrogens with zero attached hydrogens (tertiary/aromatic N) is 3. The van der Waals surface area contributed by atoms with E-state index in [0.717, 1.165) is 5.56 Å². The largest absolute Gasteiger partial charge is 0.508 e. The average Bonchev–Trinajstić information content (AvgIpc) is 3.53. The Bertz CT molecular complexity index is 2340. The smallest absolute Gasteiger partial charge is 0.417 e. The predicted molar refractivity (Wildman–Crippen MR) is 198 cm³/mol. The molecule has 2 aliphatic heterocycles. The summed E-state index contributed by atoms with van der Waals surface area (Å²) in [4.78, 5) is 63.5. The van der Waals surface area contributed by atoms with Crippen molar-refractivity contribution in [2.45, 2.75) is 43.7 Å². The lowest BCUT2D eigenvalue weighted by Gasteiger charge is -2.50. The second-order valence-corrected chi connectivity index (χ2v) is 15.5. The zero-order valence-corrected chi connectivity index (χ0v) is 31.1. The lowest BCUT2D eigenvalue weighted by molar-refractivity contribution is -0.141. The number of carbonyl (C=O) groups excluding carboxylic acids is 4. The first-order valence-electron chi connectivity index (χ1n) is 17.9. The third-order valence-corrected chi connectivity index (χ3v) is 12.3. The standard InChI is InChI=1S/C41H33Cl2F3N4O6/c1-20-3-2-4-28(34(20)52)33-26-13-14-27-32(38(55)49(36(27)53)16-15-21-5-11-25(51)12-6-21)29(26)18-30-37(54)50(39(56)40(30,33)22-7-9-24(42)10-8-22)48-35-31(43)17-23(19-47-35)41(44,45)46/h2-13,17,19,27,29-30,32-33,51-52H,14-16,18H2,1H3,(H,47,48). The van der Waals surface area contributed by atoms with Gasteiger partial charge in [-0.05, 0) is 79.1 Å². The van der Waals surface area contributed by atoms with Gasteiger partial charge in [0.1, 0.15) is 11.5 Å². The summed E-state index contributed by atoms with van der Waals surface area (Å²) in [5.74, 6) is -7.32. The summed E-state index contributed by atoms with van der Waals surface area (Å²) >= 11 is 12.6. The molecule has 6 atom stereocenters. The van der Waals surface area contributed by atoms with Crippen LogP contribution in [0.1, 0.15) is 46.6 Å². The van der Waals surface area contributed by atoms with Gasteiger partial charge in [0.05, 0.1) is 33.8 Å². The summed E-state index contributed by atoms with van der Waals surface area (Å²) in [6, 6.07) is 18.5. The molecule has 4 aliphatic rings. The average molecular weight is 806 g/mol. The zero-order valence-electron chi connectivity index (χ0n) is 29.6. The number of benzene rings is 3. The van der Waals surface area contributed by atoms with Crippen molar-refractivity contribution in [1.82, 2.24) is 14.9 Å². The van der Waals surface area contributed by atoms with Crippen molar-refractivity contribution in [1.29, 1.82) is 0 Å². The van der Waals surface area contributed by atoms with E-state index in [9.17, 15) is 37.8 Å². The fourth-order valence-electron chi connectivity index (χ4n) is 9.23. The van der Waals surface area contributed by atoms with Crippen molar-refractivity contribution in [2.24, 2.45) is 23.7 Å². The van der Waals surface area contributed by atoms with Crippen LogP contribution < -0.4 is 5.43 Å². The molecular formula is C41H33Cl2F3N4O6. The SMILES string of the molecule is Cc1cccc(C2C3=CCC4C(=O)N(CCc5ccc(O)cc5)C(=O)C4C3CC3C(=O)N(Nc4ncc(C(F)(F)F)cc4Cl)C(=O)C32c2ccc(Cl)cc2)c1O. The van der Waals surface area contributed by atoms with Gasteiger partial charge in [-0.15, -0.1) is 0 Å². The number of hydrogen-bond acceptors (Lipinski definition) is 8. The monoisotopic (exact) mass is 804 g/mol. The zero-order chi connectivity index (χ0) is 39.8. The third kappa shape index (κ3) is 5.82. The maximum absolute atomic E-state index is 15.3. The van der Waals surface area contributed by atoms with Crippen molar-refractivity contribution in [3.8, 4) is 11.5 Å². The number of hydrogen-bond donors (Lipinski definition) is 3. The number of amides is 4. The maximum atomic E-state index is 15.3. The molecular weight excluding hydrogens is 772 g/mol. The van der Waals surface area contributed by atoms with Gasteiger partial charge in [0.25, 0.3) is 11.8 Å². The number of phenols is 2. The molecule has 4 amide bonds. The highest BCUT2D eigenvalue weighted by atomic mass is 35.5. The number of alkyl halides is 3. The Morgan fingerprint density at radius 1 is 0.929 bits per heavy atom. The Morgan fingerprint density at radius 2 is 1.64 bits per heavy atom. The summed E-state index contributed by atoms with van der Waals surface area (Å²) in [6.07, 6.45) is -1.92. The number of rotatable bonds is 7. The maximum Gasteiger partial charge on any atom is 0.417 e. The molecule has 1 saturated carbocycles. The number of fused-ring (bicyclic) bond motifs is 4. The highest BCUT2D eigenvalue weighted by molar-refractivity contribution is 6.33. The number of likely N-dealkylation sites (tertiary alicyclic amines) is 1. The second kappa shape index (κ2) is 13.7. The van der Waals surface area contributed by atoms with Gasteiger partial charge in [0, 0.05) is 29.2 Å². The van der Waals surface area contributed by atoms with Gasteiger partial charge >= 0.3 is 6.18 Å². The first kappa shape index (κ1) is 37.5. The normalized spacial score (nSPS) is 25.9. The fourth-order valence-corrected chi connectivity index (χ4v) is 9.57. The van der Waals surface area contributed by atoms with Crippen LogP contribution in [0.4, 0.5) is 19.0 Å². The van der Waals surface area contributed by atoms with Gasteiger partial charge in [-0.1, -0.05) is 77.3 Å². The Balaban J connectivity index is 1.26. The van der Waals surface area contributed by atoms with E-state index in [1.54, 1.807) is 61.5 Å². The van der Waals surface area contributed by atoms with E-state index in [-0.39, 0.29) is 42.6 Å². The molecule has 15 heteroatoms. The molecule has 288 valence electrons. The molecule has 3 heterocycles. The van der Waals surface area contributed by atoms with Gasteiger partial charge in [0.15, 0.2) is 5.82 Å².